The van der Waals surface area contributed by atoms with Crippen LogP contribution in [0.1, 0.15) is 0 Å². The van der Waals surface area contributed by atoms with Gasteiger partial charge in [-0.05, 0) is 29.6 Å². The summed E-state index contributed by atoms with van der Waals surface area (Å²) in [7, 11) is 0. The molecular formula is C13H7FO2S. The summed E-state index contributed by atoms with van der Waals surface area (Å²) in [5.41, 5.74) is 0.177. The van der Waals surface area contributed by atoms with Gasteiger partial charge in [0.15, 0.2) is 5.43 Å². The fourth-order valence-electron chi connectivity index (χ4n) is 1.67. The molecular weight excluding hydrogens is 239 g/mol. The van der Waals surface area contributed by atoms with E-state index in [0.717, 1.165) is 4.88 Å². The second kappa shape index (κ2) is 3.82. The van der Waals surface area contributed by atoms with E-state index in [9.17, 15) is 9.18 Å². The molecule has 84 valence electrons. The molecule has 0 radical (unpaired) electrons. The number of thiophene rings is 1. The third-order valence-electron chi connectivity index (χ3n) is 2.45. The van der Waals surface area contributed by atoms with Crippen LogP contribution in [-0.4, -0.2) is 0 Å². The molecule has 1 aromatic carbocycles. The Bertz CT molecular complexity index is 729. The van der Waals surface area contributed by atoms with Gasteiger partial charge in [-0.15, -0.1) is 11.3 Å². The second-order valence-corrected chi connectivity index (χ2v) is 4.54. The number of benzene rings is 1. The maximum absolute atomic E-state index is 13.0. The molecule has 0 bridgehead atoms. The summed E-state index contributed by atoms with van der Waals surface area (Å²) < 4.78 is 18.6. The quantitative estimate of drug-likeness (QED) is 0.656. The molecule has 0 aliphatic carbocycles. The van der Waals surface area contributed by atoms with Gasteiger partial charge in [0.2, 0.25) is 0 Å². The van der Waals surface area contributed by atoms with Crippen LogP contribution in [0, 0.1) is 5.82 Å². The van der Waals surface area contributed by atoms with E-state index in [2.05, 4.69) is 0 Å². The number of halogens is 1. The van der Waals surface area contributed by atoms with E-state index in [1.165, 1.54) is 35.6 Å². The molecule has 17 heavy (non-hydrogen) atoms. The van der Waals surface area contributed by atoms with Gasteiger partial charge in [-0.1, -0.05) is 6.07 Å². The third kappa shape index (κ3) is 1.76. The highest BCUT2D eigenvalue weighted by atomic mass is 32.1. The largest absolute Gasteiger partial charge is 0.455 e. The molecule has 0 atom stereocenters. The molecule has 0 aliphatic heterocycles. The molecule has 0 N–H and O–H groups in total. The van der Waals surface area contributed by atoms with Crippen LogP contribution >= 0.6 is 11.3 Å². The first kappa shape index (κ1) is 10.2. The summed E-state index contributed by atoms with van der Waals surface area (Å²) in [6.45, 7) is 0. The third-order valence-corrected chi connectivity index (χ3v) is 3.34. The Balaban J connectivity index is 2.32. The Labute approximate surface area is 99.9 Å². The van der Waals surface area contributed by atoms with Crippen molar-refractivity contribution in [1.29, 1.82) is 0 Å². The summed E-state index contributed by atoms with van der Waals surface area (Å²) in [6.07, 6.45) is 0. The van der Waals surface area contributed by atoms with Crippen molar-refractivity contribution in [1.82, 2.24) is 0 Å². The average Bonchev–Trinajstić information content (AvgIpc) is 2.83. The van der Waals surface area contributed by atoms with Crippen molar-refractivity contribution in [2.45, 2.75) is 0 Å². The maximum atomic E-state index is 13.0. The van der Waals surface area contributed by atoms with Crippen LogP contribution in [0.5, 0.6) is 0 Å². The van der Waals surface area contributed by atoms with Crippen molar-refractivity contribution in [3.05, 3.63) is 57.8 Å². The summed E-state index contributed by atoms with van der Waals surface area (Å²) in [4.78, 5) is 12.7. The lowest BCUT2D eigenvalue weighted by atomic mass is 10.2. The van der Waals surface area contributed by atoms with Crippen molar-refractivity contribution in [3.63, 3.8) is 0 Å². The van der Waals surface area contributed by atoms with Crippen LogP contribution in [0.2, 0.25) is 0 Å². The predicted molar refractivity (Wildman–Crippen MR) is 65.8 cm³/mol. The first-order valence-corrected chi connectivity index (χ1v) is 5.89. The Morgan fingerprint density at radius 1 is 1.18 bits per heavy atom. The minimum absolute atomic E-state index is 0.228. The molecule has 3 aromatic rings. The fraction of sp³-hybridized carbons (Fsp3) is 0. The lowest BCUT2D eigenvalue weighted by Crippen LogP contribution is -2.00. The molecule has 2 aromatic heterocycles. The summed E-state index contributed by atoms with van der Waals surface area (Å²) in [5.74, 6) is 0.0813. The van der Waals surface area contributed by atoms with E-state index in [-0.39, 0.29) is 10.8 Å². The van der Waals surface area contributed by atoms with Crippen LogP contribution < -0.4 is 5.43 Å². The highest BCUT2D eigenvalue weighted by molar-refractivity contribution is 7.13. The van der Waals surface area contributed by atoms with E-state index in [1.54, 1.807) is 0 Å². The van der Waals surface area contributed by atoms with Gasteiger partial charge in [0.05, 0.1) is 10.3 Å². The molecule has 0 fully saturated rings. The van der Waals surface area contributed by atoms with E-state index < -0.39 is 5.82 Å². The SMILES string of the molecule is O=c1cc(-c2cccs2)oc2ccc(F)cc12. The van der Waals surface area contributed by atoms with Gasteiger partial charge in [0, 0.05) is 6.07 Å². The van der Waals surface area contributed by atoms with Gasteiger partial charge in [-0.3, -0.25) is 4.79 Å². The zero-order valence-electron chi connectivity index (χ0n) is 8.64. The molecule has 0 saturated carbocycles. The summed E-state index contributed by atoms with van der Waals surface area (Å²) in [5, 5.41) is 2.18. The van der Waals surface area contributed by atoms with Crippen molar-refractivity contribution in [2.24, 2.45) is 0 Å². The van der Waals surface area contributed by atoms with E-state index >= 15 is 0 Å². The first-order valence-electron chi connectivity index (χ1n) is 5.01. The van der Waals surface area contributed by atoms with Crippen molar-refractivity contribution < 1.29 is 8.81 Å². The first-order chi connectivity index (χ1) is 8.24. The zero-order valence-corrected chi connectivity index (χ0v) is 9.46. The smallest absolute Gasteiger partial charge is 0.193 e. The van der Waals surface area contributed by atoms with E-state index in [4.69, 9.17) is 4.42 Å². The Hall–Kier alpha value is -1.94. The average molecular weight is 246 g/mol. The number of hydrogen-bond donors (Lipinski definition) is 0. The van der Waals surface area contributed by atoms with Crippen LogP contribution in [0.15, 0.2) is 51.0 Å². The maximum Gasteiger partial charge on any atom is 0.193 e. The lowest BCUT2D eigenvalue weighted by molar-refractivity contribution is 0.609. The van der Waals surface area contributed by atoms with Crippen molar-refractivity contribution >= 4 is 22.3 Å². The molecule has 3 rings (SSSR count). The van der Waals surface area contributed by atoms with Gasteiger partial charge in [0.25, 0.3) is 0 Å². The Kier molecular flexibility index (Phi) is 2.30. The molecule has 2 nitrogen and oxygen atoms in total. The molecule has 0 unspecified atom stereocenters. The number of fused-ring (bicyclic) bond motifs is 1. The normalized spacial score (nSPS) is 10.9. The molecule has 0 amide bonds. The zero-order chi connectivity index (χ0) is 11.8. The summed E-state index contributed by atoms with van der Waals surface area (Å²) in [6, 6.07) is 9.10. The van der Waals surface area contributed by atoms with Gasteiger partial charge >= 0.3 is 0 Å². The molecule has 0 saturated heterocycles. The Morgan fingerprint density at radius 2 is 2.06 bits per heavy atom. The predicted octanol–water partition coefficient (Wildman–Crippen LogP) is 3.66. The van der Waals surface area contributed by atoms with Crippen molar-refractivity contribution in [3.8, 4) is 10.6 Å². The minimum Gasteiger partial charge on any atom is -0.455 e. The summed E-state index contributed by atoms with van der Waals surface area (Å²) >= 11 is 1.49. The number of rotatable bonds is 1. The standard InChI is InChI=1S/C13H7FO2S/c14-8-3-4-11-9(6-8)10(15)7-12(16-11)13-2-1-5-17-13/h1-7H. The van der Waals surface area contributed by atoms with E-state index in [1.807, 2.05) is 17.5 Å². The lowest BCUT2D eigenvalue weighted by Gasteiger charge is -2.00. The van der Waals surface area contributed by atoms with Gasteiger partial charge in [-0.25, -0.2) is 4.39 Å². The van der Waals surface area contributed by atoms with Crippen LogP contribution in [0.3, 0.4) is 0 Å². The van der Waals surface area contributed by atoms with Crippen LogP contribution in [0.25, 0.3) is 21.6 Å². The monoisotopic (exact) mass is 246 g/mol. The van der Waals surface area contributed by atoms with Gasteiger partial charge in [0.1, 0.15) is 17.2 Å². The van der Waals surface area contributed by atoms with E-state index in [0.29, 0.717) is 11.3 Å². The molecule has 2 heterocycles. The fourth-order valence-corrected chi connectivity index (χ4v) is 2.35. The highest BCUT2D eigenvalue weighted by Gasteiger charge is 2.08. The number of hydrogen-bond acceptors (Lipinski definition) is 3. The highest BCUT2D eigenvalue weighted by Crippen LogP contribution is 2.26. The Morgan fingerprint density at radius 3 is 2.82 bits per heavy atom. The second-order valence-electron chi connectivity index (χ2n) is 3.59. The minimum atomic E-state index is -0.436. The van der Waals surface area contributed by atoms with Gasteiger partial charge < -0.3 is 4.42 Å². The van der Waals surface area contributed by atoms with Crippen molar-refractivity contribution in [2.75, 3.05) is 0 Å². The van der Waals surface area contributed by atoms with Crippen LogP contribution in [0.4, 0.5) is 4.39 Å². The topological polar surface area (TPSA) is 30.2 Å². The van der Waals surface area contributed by atoms with Crippen LogP contribution in [-0.2, 0) is 0 Å². The molecule has 4 heteroatoms. The van der Waals surface area contributed by atoms with Gasteiger partial charge in [-0.2, -0.15) is 0 Å². The molecule has 0 aliphatic rings. The molecule has 0 spiro atoms.